The molecule has 1 aromatic carbocycles. The molecule has 16 heavy (non-hydrogen) atoms. The Labute approximate surface area is 90.7 Å². The minimum absolute atomic E-state index is 0.0733. The van der Waals surface area contributed by atoms with Crippen LogP contribution in [0, 0.1) is 5.92 Å². The number of carbonyl (C=O) groups is 1. The van der Waals surface area contributed by atoms with Crippen LogP contribution in [0.2, 0.25) is 0 Å². The largest absolute Gasteiger partial charge is 0.493 e. The van der Waals surface area contributed by atoms with Crippen LogP contribution in [0.5, 0.6) is 5.75 Å². The molecule has 1 N–H and O–H groups in total. The monoisotopic (exact) mass is 228 g/mol. The lowest BCUT2D eigenvalue weighted by Crippen LogP contribution is -2.06. The topological polar surface area (TPSA) is 46.5 Å². The molecule has 0 radical (unpaired) electrons. The Morgan fingerprint density at radius 2 is 2.25 bits per heavy atom. The normalized spacial score (nSPS) is 21.5. The zero-order valence-electron chi connectivity index (χ0n) is 8.32. The smallest absolute Gasteiger partial charge is 0.335 e. The molecule has 1 unspecified atom stereocenters. The molecule has 1 aromatic rings. The van der Waals surface area contributed by atoms with E-state index in [1.54, 1.807) is 6.07 Å². The van der Waals surface area contributed by atoms with Gasteiger partial charge < -0.3 is 9.84 Å². The van der Waals surface area contributed by atoms with Crippen LogP contribution in [0.1, 0.15) is 16.8 Å². The second kappa shape index (κ2) is 3.73. The summed E-state index contributed by atoms with van der Waals surface area (Å²) < 4.78 is 30.2. The third-order valence-electron chi connectivity index (χ3n) is 2.49. The van der Waals surface area contributed by atoms with Gasteiger partial charge in [0.15, 0.2) is 0 Å². The number of rotatable bonds is 4. The van der Waals surface area contributed by atoms with Gasteiger partial charge in [-0.15, -0.1) is 0 Å². The van der Waals surface area contributed by atoms with Crippen LogP contribution in [0.15, 0.2) is 24.3 Å². The van der Waals surface area contributed by atoms with Crippen molar-refractivity contribution >= 4 is 5.97 Å². The first-order chi connectivity index (χ1) is 7.49. The second-order valence-corrected chi connectivity index (χ2v) is 3.81. The van der Waals surface area contributed by atoms with Crippen LogP contribution >= 0.6 is 0 Å². The molecule has 3 nitrogen and oxygen atoms in total. The van der Waals surface area contributed by atoms with Gasteiger partial charge in [0.2, 0.25) is 0 Å². The van der Waals surface area contributed by atoms with Gasteiger partial charge in [-0.25, -0.2) is 13.6 Å². The molecule has 0 aliphatic heterocycles. The number of benzene rings is 1. The molecule has 2 rings (SSSR count). The molecular formula is C11H10F2O3. The second-order valence-electron chi connectivity index (χ2n) is 3.81. The number of carboxylic acid groups (broad SMARTS) is 1. The lowest BCUT2D eigenvalue weighted by Gasteiger charge is -2.05. The Morgan fingerprint density at radius 3 is 2.81 bits per heavy atom. The fourth-order valence-electron chi connectivity index (χ4n) is 1.37. The Morgan fingerprint density at radius 1 is 1.56 bits per heavy atom. The summed E-state index contributed by atoms with van der Waals surface area (Å²) in [6, 6.07) is 5.81. The third-order valence-corrected chi connectivity index (χ3v) is 2.49. The van der Waals surface area contributed by atoms with Crippen LogP contribution < -0.4 is 4.74 Å². The molecule has 5 heteroatoms. The number of alkyl halides is 2. The summed E-state index contributed by atoms with van der Waals surface area (Å²) in [5, 5.41) is 8.71. The highest BCUT2D eigenvalue weighted by atomic mass is 19.3. The summed E-state index contributed by atoms with van der Waals surface area (Å²) >= 11 is 0. The summed E-state index contributed by atoms with van der Waals surface area (Å²) in [4.78, 5) is 10.6. The lowest BCUT2D eigenvalue weighted by atomic mass is 10.2. The van der Waals surface area contributed by atoms with Gasteiger partial charge in [-0.05, 0) is 18.2 Å². The minimum Gasteiger partial charge on any atom is -0.493 e. The highest BCUT2D eigenvalue weighted by Gasteiger charge is 2.57. The molecule has 1 fully saturated rings. The van der Waals surface area contributed by atoms with Crippen molar-refractivity contribution in [2.75, 3.05) is 6.61 Å². The van der Waals surface area contributed by atoms with Gasteiger partial charge in [0.1, 0.15) is 5.75 Å². The molecule has 1 aliphatic rings. The van der Waals surface area contributed by atoms with Crippen LogP contribution in [0.4, 0.5) is 8.78 Å². The van der Waals surface area contributed by atoms with Crippen molar-refractivity contribution in [3.8, 4) is 5.75 Å². The van der Waals surface area contributed by atoms with Crippen molar-refractivity contribution in [3.63, 3.8) is 0 Å². The van der Waals surface area contributed by atoms with Gasteiger partial charge >= 0.3 is 5.97 Å². The number of hydrogen-bond acceptors (Lipinski definition) is 2. The number of halogens is 2. The van der Waals surface area contributed by atoms with Crippen LogP contribution in [0.25, 0.3) is 0 Å². The minimum atomic E-state index is -2.61. The quantitative estimate of drug-likeness (QED) is 0.860. The van der Waals surface area contributed by atoms with Crippen molar-refractivity contribution in [3.05, 3.63) is 29.8 Å². The van der Waals surface area contributed by atoms with Crippen molar-refractivity contribution in [1.82, 2.24) is 0 Å². The first kappa shape index (κ1) is 10.9. The van der Waals surface area contributed by atoms with E-state index in [2.05, 4.69) is 0 Å². The SMILES string of the molecule is O=C(O)c1cccc(OCC2CC2(F)F)c1. The summed E-state index contributed by atoms with van der Waals surface area (Å²) in [6.45, 7) is -0.0733. The maximum absolute atomic E-state index is 12.5. The fraction of sp³-hybridized carbons (Fsp3) is 0.364. The molecule has 0 aromatic heterocycles. The van der Waals surface area contributed by atoms with Gasteiger partial charge in [0, 0.05) is 6.42 Å². The predicted octanol–water partition coefficient (Wildman–Crippen LogP) is 2.42. The number of aromatic carboxylic acids is 1. The summed E-state index contributed by atoms with van der Waals surface area (Å²) in [7, 11) is 0. The van der Waals surface area contributed by atoms with Crippen molar-refractivity contribution in [2.24, 2.45) is 5.92 Å². The van der Waals surface area contributed by atoms with Crippen molar-refractivity contribution < 1.29 is 23.4 Å². The van der Waals surface area contributed by atoms with Crippen LogP contribution in [-0.4, -0.2) is 23.6 Å². The van der Waals surface area contributed by atoms with Gasteiger partial charge in [-0.3, -0.25) is 0 Å². The number of ether oxygens (including phenoxy) is 1. The van der Waals surface area contributed by atoms with Gasteiger partial charge in [0.25, 0.3) is 5.92 Å². The van der Waals surface area contributed by atoms with E-state index >= 15 is 0 Å². The lowest BCUT2D eigenvalue weighted by molar-refractivity contribution is 0.0694. The summed E-state index contributed by atoms with van der Waals surface area (Å²) in [5.74, 6) is -4.10. The molecule has 1 aliphatic carbocycles. The maximum Gasteiger partial charge on any atom is 0.335 e. The van der Waals surface area contributed by atoms with Crippen molar-refractivity contribution in [2.45, 2.75) is 12.3 Å². The molecule has 1 saturated carbocycles. The molecule has 0 heterocycles. The van der Waals surface area contributed by atoms with E-state index in [9.17, 15) is 13.6 Å². The van der Waals surface area contributed by atoms with Crippen molar-refractivity contribution in [1.29, 1.82) is 0 Å². The van der Waals surface area contributed by atoms with E-state index in [1.165, 1.54) is 18.2 Å². The molecule has 0 spiro atoms. The Kier molecular flexibility index (Phi) is 2.53. The highest BCUT2D eigenvalue weighted by Crippen LogP contribution is 2.48. The molecule has 86 valence electrons. The first-order valence-electron chi connectivity index (χ1n) is 4.83. The molecule has 0 amide bonds. The van der Waals surface area contributed by atoms with E-state index in [0.29, 0.717) is 5.75 Å². The maximum atomic E-state index is 12.5. The van der Waals surface area contributed by atoms with E-state index < -0.39 is 17.8 Å². The number of carboxylic acids is 1. The first-order valence-corrected chi connectivity index (χ1v) is 4.83. The van der Waals surface area contributed by atoms with Gasteiger partial charge in [0.05, 0.1) is 18.1 Å². The molecule has 0 bridgehead atoms. The van der Waals surface area contributed by atoms with Crippen LogP contribution in [-0.2, 0) is 0 Å². The van der Waals surface area contributed by atoms with E-state index in [0.717, 1.165) is 0 Å². The zero-order valence-corrected chi connectivity index (χ0v) is 8.32. The molecule has 1 atom stereocenters. The number of hydrogen-bond donors (Lipinski definition) is 1. The Bertz CT molecular complexity index is 417. The predicted molar refractivity (Wildman–Crippen MR) is 52.0 cm³/mol. The average molecular weight is 228 g/mol. The average Bonchev–Trinajstić information content (AvgIpc) is 2.84. The Balaban J connectivity index is 1.95. The third kappa shape index (κ3) is 2.29. The standard InChI is InChI=1S/C11H10F2O3/c12-11(13)5-8(11)6-16-9-3-1-2-7(4-9)10(14)15/h1-4,8H,5-6H2,(H,14,15). The van der Waals surface area contributed by atoms with Gasteiger partial charge in [-0.1, -0.05) is 6.07 Å². The highest BCUT2D eigenvalue weighted by molar-refractivity contribution is 5.87. The Hall–Kier alpha value is -1.65. The van der Waals surface area contributed by atoms with E-state index in [1.807, 2.05) is 0 Å². The van der Waals surface area contributed by atoms with E-state index in [4.69, 9.17) is 9.84 Å². The van der Waals surface area contributed by atoms with E-state index in [-0.39, 0.29) is 18.6 Å². The zero-order chi connectivity index (χ0) is 11.8. The van der Waals surface area contributed by atoms with Crippen LogP contribution in [0.3, 0.4) is 0 Å². The molecule has 0 saturated heterocycles. The fourth-order valence-corrected chi connectivity index (χ4v) is 1.37. The van der Waals surface area contributed by atoms with Gasteiger partial charge in [-0.2, -0.15) is 0 Å². The summed E-state index contributed by atoms with van der Waals surface area (Å²) in [6.07, 6.45) is -0.147. The summed E-state index contributed by atoms with van der Waals surface area (Å²) in [5.41, 5.74) is 0.0834. The molecular weight excluding hydrogens is 218 g/mol.